The minimum atomic E-state index is -0.580. The van der Waals surface area contributed by atoms with Gasteiger partial charge in [0.1, 0.15) is 0 Å². The van der Waals surface area contributed by atoms with Gasteiger partial charge in [0.2, 0.25) is 23.6 Å². The topological polar surface area (TPSA) is 74.8 Å². The molecule has 4 amide bonds. The number of hydrogen-bond donors (Lipinski definition) is 0. The first-order valence-electron chi connectivity index (χ1n) is 15.5. The third-order valence-electron chi connectivity index (χ3n) is 11.1. The average molecular weight is 583 g/mol. The molecular weight excluding hydrogens is 548 g/mol. The number of carbonyl (C=O) groups excluding carboxylic acids is 4. The molecule has 2 aliphatic heterocycles. The maximum atomic E-state index is 14.4. The second-order valence-corrected chi connectivity index (χ2v) is 13.3. The van der Waals surface area contributed by atoms with E-state index in [2.05, 4.69) is 24.3 Å². The Hall–Kier alpha value is -4.58. The second-order valence-electron chi connectivity index (χ2n) is 13.3. The Kier molecular flexibility index (Phi) is 5.80. The highest BCUT2D eigenvalue weighted by Gasteiger charge is 2.67. The minimum Gasteiger partial charge on any atom is -0.274 e. The molecule has 3 fully saturated rings. The molecule has 7 unspecified atom stereocenters. The quantitative estimate of drug-likeness (QED) is 0.276. The summed E-state index contributed by atoms with van der Waals surface area (Å²) in [5, 5.41) is 0. The van der Waals surface area contributed by atoms with Crippen LogP contribution in [0.5, 0.6) is 0 Å². The van der Waals surface area contributed by atoms with E-state index in [0.29, 0.717) is 17.8 Å². The number of anilines is 2. The van der Waals surface area contributed by atoms with Crippen molar-refractivity contribution in [3.8, 4) is 0 Å². The Morgan fingerprint density at radius 1 is 0.568 bits per heavy atom. The first-order chi connectivity index (χ1) is 21.2. The summed E-state index contributed by atoms with van der Waals surface area (Å²) in [6, 6.07) is 21.5. The van der Waals surface area contributed by atoms with Crippen LogP contribution in [0.3, 0.4) is 0 Å². The molecule has 6 nitrogen and oxygen atoms in total. The van der Waals surface area contributed by atoms with Crippen molar-refractivity contribution >= 4 is 40.6 Å². The molecule has 1 saturated carbocycles. The zero-order valence-corrected chi connectivity index (χ0v) is 25.3. The summed E-state index contributed by atoms with van der Waals surface area (Å²) in [6.45, 7) is 7.99. The van der Waals surface area contributed by atoms with Crippen molar-refractivity contribution in [3.05, 3.63) is 112 Å². The van der Waals surface area contributed by atoms with Crippen molar-refractivity contribution in [2.45, 2.75) is 34.1 Å². The van der Waals surface area contributed by atoms with Gasteiger partial charge in [0.05, 0.1) is 35.0 Å². The lowest BCUT2D eigenvalue weighted by Gasteiger charge is -2.51. The third-order valence-corrected chi connectivity index (χ3v) is 11.1. The van der Waals surface area contributed by atoms with Gasteiger partial charge in [-0.2, -0.15) is 0 Å². The Labute approximate surface area is 257 Å². The van der Waals surface area contributed by atoms with E-state index in [4.69, 9.17) is 0 Å². The second kappa shape index (κ2) is 9.46. The van der Waals surface area contributed by atoms with Crippen molar-refractivity contribution in [2.24, 2.45) is 41.4 Å². The predicted molar refractivity (Wildman–Crippen MR) is 168 cm³/mol. The van der Waals surface area contributed by atoms with Crippen LogP contribution < -0.4 is 9.80 Å². The molecule has 2 saturated heterocycles. The molecule has 4 aliphatic carbocycles. The Morgan fingerprint density at radius 2 is 1.14 bits per heavy atom. The molecule has 3 aromatic rings. The fourth-order valence-electron chi connectivity index (χ4n) is 8.75. The van der Waals surface area contributed by atoms with Gasteiger partial charge in [-0.05, 0) is 97.7 Å². The van der Waals surface area contributed by atoms with Gasteiger partial charge in [-0.15, -0.1) is 0 Å². The highest BCUT2D eigenvalue weighted by molar-refractivity contribution is 6.24. The molecule has 0 spiro atoms. The number of benzene rings is 3. The highest BCUT2D eigenvalue weighted by Crippen LogP contribution is 2.63. The highest BCUT2D eigenvalue weighted by atomic mass is 16.2. The monoisotopic (exact) mass is 582 g/mol. The van der Waals surface area contributed by atoms with E-state index < -0.39 is 23.7 Å². The van der Waals surface area contributed by atoms with Gasteiger partial charge in [0.15, 0.2) is 0 Å². The van der Waals surface area contributed by atoms with Crippen molar-refractivity contribution in [3.63, 3.8) is 0 Å². The van der Waals surface area contributed by atoms with E-state index in [9.17, 15) is 19.2 Å². The first-order valence-corrected chi connectivity index (χ1v) is 15.5. The normalized spacial score (nSPS) is 30.3. The van der Waals surface area contributed by atoms with Crippen molar-refractivity contribution in [1.82, 2.24) is 0 Å². The van der Waals surface area contributed by atoms with E-state index in [0.717, 1.165) is 39.0 Å². The first kappa shape index (κ1) is 27.0. The molecule has 2 heterocycles. The lowest BCUT2D eigenvalue weighted by atomic mass is 9.49. The van der Waals surface area contributed by atoms with Crippen molar-refractivity contribution in [1.29, 1.82) is 0 Å². The van der Waals surface area contributed by atoms with Gasteiger partial charge in [0.25, 0.3) is 0 Å². The molecule has 3 aromatic carbocycles. The molecule has 7 atom stereocenters. The van der Waals surface area contributed by atoms with Crippen LogP contribution in [-0.4, -0.2) is 23.6 Å². The molecule has 2 bridgehead atoms. The summed E-state index contributed by atoms with van der Waals surface area (Å²) < 4.78 is 0. The molecule has 0 radical (unpaired) electrons. The lowest BCUT2D eigenvalue weighted by Crippen LogP contribution is -2.51. The van der Waals surface area contributed by atoms with Crippen LogP contribution >= 0.6 is 0 Å². The number of imide groups is 2. The molecule has 9 rings (SSSR count). The van der Waals surface area contributed by atoms with E-state index >= 15 is 0 Å². The summed E-state index contributed by atoms with van der Waals surface area (Å²) in [4.78, 5) is 59.8. The van der Waals surface area contributed by atoms with E-state index in [1.807, 2.05) is 82.3 Å². The van der Waals surface area contributed by atoms with E-state index in [1.54, 1.807) is 0 Å². The van der Waals surface area contributed by atoms with Gasteiger partial charge in [-0.1, -0.05) is 60.2 Å². The average Bonchev–Trinajstić information content (AvgIpc) is 3.45. The number of fused-ring (bicyclic) bond motifs is 1. The Morgan fingerprint density at radius 3 is 1.75 bits per heavy atom. The van der Waals surface area contributed by atoms with Crippen molar-refractivity contribution < 1.29 is 19.2 Å². The van der Waals surface area contributed by atoms with E-state index in [-0.39, 0.29) is 41.4 Å². The number of hydrogen-bond acceptors (Lipinski definition) is 4. The van der Waals surface area contributed by atoms with Crippen LogP contribution in [0.1, 0.15) is 34.2 Å². The number of allylic oxidation sites excluding steroid dienone is 4. The van der Waals surface area contributed by atoms with Gasteiger partial charge >= 0.3 is 0 Å². The molecule has 220 valence electrons. The number of carbonyl (C=O) groups is 4. The maximum Gasteiger partial charge on any atom is 0.238 e. The zero-order valence-electron chi connectivity index (χ0n) is 25.3. The Balaban J connectivity index is 1.28. The van der Waals surface area contributed by atoms with Gasteiger partial charge < -0.3 is 0 Å². The SMILES string of the molecule is Cc1ccc(N2C(=O)C3CC(c4ccccc4)=C4C5C=CC(C6C(=O)N(c7ccc(C)c(C)c7)C(=O)C56)C4C3C2=O)cc1C. The van der Waals surface area contributed by atoms with Gasteiger partial charge in [-0.25, -0.2) is 4.90 Å². The summed E-state index contributed by atoms with van der Waals surface area (Å²) >= 11 is 0. The number of aryl methyl sites for hydroxylation is 4. The molecule has 6 heteroatoms. The summed E-state index contributed by atoms with van der Waals surface area (Å²) in [7, 11) is 0. The molecule has 44 heavy (non-hydrogen) atoms. The van der Waals surface area contributed by atoms with Crippen LogP contribution in [0.4, 0.5) is 11.4 Å². The predicted octanol–water partition coefficient (Wildman–Crippen LogP) is 6.12. The fourth-order valence-corrected chi connectivity index (χ4v) is 8.75. The molecule has 0 aromatic heterocycles. The minimum absolute atomic E-state index is 0.173. The standard InChI is InChI=1S/C38H34N2O4/c1-19-10-12-24(16-21(19)3)39-35(41)29-18-28(23-8-6-5-7-9-23)30-26-14-15-27(31(30)34(29)38(39)44)33-32(26)36(42)40(37(33)43)25-13-11-20(2)22(4)17-25/h5-17,26-27,29,31-34H,18H2,1-4H3. The fraction of sp³-hybridized carbons (Fsp3) is 0.316. The third kappa shape index (κ3) is 3.54. The molecule has 6 aliphatic rings. The molecule has 0 N–H and O–H groups in total. The van der Waals surface area contributed by atoms with Gasteiger partial charge in [0, 0.05) is 11.8 Å². The lowest BCUT2D eigenvalue weighted by molar-refractivity contribution is -0.129. The van der Waals surface area contributed by atoms with Crippen molar-refractivity contribution in [2.75, 3.05) is 9.80 Å². The number of rotatable bonds is 3. The van der Waals surface area contributed by atoms with Gasteiger partial charge in [-0.3, -0.25) is 24.1 Å². The number of amides is 4. The molecular formula is C38H34N2O4. The zero-order chi connectivity index (χ0) is 30.6. The summed E-state index contributed by atoms with van der Waals surface area (Å²) in [5.41, 5.74) is 8.55. The summed E-state index contributed by atoms with van der Waals surface area (Å²) in [5.74, 6) is -3.93. The largest absolute Gasteiger partial charge is 0.274 e. The number of nitrogens with zero attached hydrogens (tertiary/aromatic N) is 2. The van der Waals surface area contributed by atoms with E-state index in [1.165, 1.54) is 9.80 Å². The van der Waals surface area contributed by atoms with Crippen LogP contribution in [0.2, 0.25) is 0 Å². The van der Waals surface area contributed by atoms with Crippen LogP contribution in [0, 0.1) is 69.1 Å². The maximum absolute atomic E-state index is 14.4. The Bertz CT molecular complexity index is 1870. The van der Waals surface area contributed by atoms with Crippen LogP contribution in [0.25, 0.3) is 5.57 Å². The summed E-state index contributed by atoms with van der Waals surface area (Å²) in [6.07, 6.45) is 4.60. The van der Waals surface area contributed by atoms with Crippen LogP contribution in [0.15, 0.2) is 84.5 Å². The smallest absolute Gasteiger partial charge is 0.238 e. The van der Waals surface area contributed by atoms with Crippen LogP contribution in [-0.2, 0) is 19.2 Å².